The van der Waals surface area contributed by atoms with Crippen molar-refractivity contribution in [3.8, 4) is 0 Å². The summed E-state index contributed by atoms with van der Waals surface area (Å²) >= 11 is 0. The van der Waals surface area contributed by atoms with Crippen LogP contribution in [0.25, 0.3) is 0 Å². The number of nitrogens with zero attached hydrogens (tertiary/aromatic N) is 1. The van der Waals surface area contributed by atoms with Crippen molar-refractivity contribution in [2.75, 3.05) is 19.6 Å². The first kappa shape index (κ1) is 14.3. The van der Waals surface area contributed by atoms with Crippen LogP contribution in [-0.2, 0) is 0 Å². The summed E-state index contributed by atoms with van der Waals surface area (Å²) in [5.41, 5.74) is 0. The summed E-state index contributed by atoms with van der Waals surface area (Å²) in [6, 6.07) is 1.48. The van der Waals surface area contributed by atoms with Crippen LogP contribution < -0.4 is 5.32 Å². The van der Waals surface area contributed by atoms with Crippen molar-refractivity contribution in [3.05, 3.63) is 0 Å². The van der Waals surface area contributed by atoms with Gasteiger partial charge in [0.05, 0.1) is 0 Å². The molecule has 2 nitrogen and oxygen atoms in total. The maximum atomic E-state index is 3.86. The Bertz CT molecular complexity index is 235. The highest BCUT2D eigenvalue weighted by molar-refractivity contribution is 4.84. The maximum absolute atomic E-state index is 3.86. The minimum Gasteiger partial charge on any atom is -0.312 e. The smallest absolute Gasteiger partial charge is 0.0192 e. The third-order valence-electron chi connectivity index (χ3n) is 5.40. The van der Waals surface area contributed by atoms with Gasteiger partial charge >= 0.3 is 0 Å². The topological polar surface area (TPSA) is 15.3 Å². The van der Waals surface area contributed by atoms with Gasteiger partial charge in [0.25, 0.3) is 0 Å². The Labute approximate surface area is 114 Å². The summed E-state index contributed by atoms with van der Waals surface area (Å²) in [4.78, 5) is 2.67. The molecule has 0 aromatic heterocycles. The lowest BCUT2D eigenvalue weighted by Crippen LogP contribution is -2.48. The normalized spacial score (nSPS) is 36.5. The third-order valence-corrected chi connectivity index (χ3v) is 5.40. The number of likely N-dealkylation sites (tertiary alicyclic amines) is 1. The zero-order valence-electron chi connectivity index (χ0n) is 12.6. The molecule has 2 fully saturated rings. The second kappa shape index (κ2) is 6.91. The highest BCUT2D eigenvalue weighted by Crippen LogP contribution is 2.29. The highest BCUT2D eigenvalue weighted by Gasteiger charge is 2.27. The van der Waals surface area contributed by atoms with E-state index < -0.39 is 0 Å². The van der Waals surface area contributed by atoms with Crippen molar-refractivity contribution < 1.29 is 0 Å². The van der Waals surface area contributed by atoms with Crippen LogP contribution in [-0.4, -0.2) is 36.6 Å². The van der Waals surface area contributed by atoms with Crippen LogP contribution in [0.2, 0.25) is 0 Å². The highest BCUT2D eigenvalue weighted by atomic mass is 15.2. The molecule has 1 aliphatic carbocycles. The van der Waals surface area contributed by atoms with Gasteiger partial charge in [-0.15, -0.1) is 0 Å². The molecule has 18 heavy (non-hydrogen) atoms. The minimum absolute atomic E-state index is 0.717. The van der Waals surface area contributed by atoms with E-state index in [1.807, 2.05) is 0 Å². The summed E-state index contributed by atoms with van der Waals surface area (Å²) in [7, 11) is 0. The Morgan fingerprint density at radius 1 is 1.06 bits per heavy atom. The molecule has 1 saturated heterocycles. The van der Waals surface area contributed by atoms with E-state index in [1.54, 1.807) is 0 Å². The zero-order valence-corrected chi connectivity index (χ0v) is 12.6. The van der Waals surface area contributed by atoms with E-state index in [0.717, 1.165) is 23.9 Å². The van der Waals surface area contributed by atoms with Crippen LogP contribution in [0.5, 0.6) is 0 Å². The lowest BCUT2D eigenvalue weighted by atomic mass is 9.78. The van der Waals surface area contributed by atoms with E-state index in [-0.39, 0.29) is 0 Å². The Morgan fingerprint density at radius 3 is 2.50 bits per heavy atom. The molecule has 4 unspecified atom stereocenters. The van der Waals surface area contributed by atoms with Crippen LogP contribution >= 0.6 is 0 Å². The largest absolute Gasteiger partial charge is 0.312 e. The molecule has 1 saturated carbocycles. The quantitative estimate of drug-likeness (QED) is 0.826. The first-order valence-corrected chi connectivity index (χ1v) is 8.16. The predicted octanol–water partition coefficient (Wildman–Crippen LogP) is 3.28. The van der Waals surface area contributed by atoms with Crippen LogP contribution in [0.1, 0.15) is 59.3 Å². The Kier molecular flexibility index (Phi) is 5.50. The SMILES string of the molecule is CC1CCCC(NCC(C)N2CCCCC2)C1C. The lowest BCUT2D eigenvalue weighted by Gasteiger charge is -2.37. The van der Waals surface area contributed by atoms with E-state index in [9.17, 15) is 0 Å². The molecule has 0 aromatic rings. The van der Waals surface area contributed by atoms with E-state index >= 15 is 0 Å². The van der Waals surface area contributed by atoms with Gasteiger partial charge in [-0.1, -0.05) is 33.1 Å². The fraction of sp³-hybridized carbons (Fsp3) is 1.00. The molecular weight excluding hydrogens is 220 g/mol. The Morgan fingerprint density at radius 2 is 1.78 bits per heavy atom. The van der Waals surface area contributed by atoms with Gasteiger partial charge < -0.3 is 5.32 Å². The van der Waals surface area contributed by atoms with Gasteiger partial charge in [0, 0.05) is 18.6 Å². The summed E-state index contributed by atoms with van der Waals surface area (Å²) in [6.07, 6.45) is 8.48. The van der Waals surface area contributed by atoms with Crippen molar-refractivity contribution >= 4 is 0 Å². The summed E-state index contributed by atoms with van der Waals surface area (Å²) < 4.78 is 0. The molecule has 1 heterocycles. The summed E-state index contributed by atoms with van der Waals surface area (Å²) in [6.45, 7) is 11.1. The van der Waals surface area contributed by atoms with Crippen molar-refractivity contribution in [1.82, 2.24) is 10.2 Å². The fourth-order valence-corrected chi connectivity index (χ4v) is 3.68. The molecule has 1 N–H and O–H groups in total. The van der Waals surface area contributed by atoms with Gasteiger partial charge in [0.15, 0.2) is 0 Å². The van der Waals surface area contributed by atoms with E-state index in [4.69, 9.17) is 0 Å². The minimum atomic E-state index is 0.717. The second-order valence-electron chi connectivity index (χ2n) is 6.73. The second-order valence-corrected chi connectivity index (χ2v) is 6.73. The molecule has 2 aliphatic rings. The molecule has 0 radical (unpaired) electrons. The first-order valence-electron chi connectivity index (χ1n) is 8.16. The van der Waals surface area contributed by atoms with Crippen LogP contribution in [0.4, 0.5) is 0 Å². The molecule has 0 aromatic carbocycles. The van der Waals surface area contributed by atoms with Crippen molar-refractivity contribution in [3.63, 3.8) is 0 Å². The molecule has 2 rings (SSSR count). The summed E-state index contributed by atoms with van der Waals surface area (Å²) in [5.74, 6) is 1.76. The zero-order chi connectivity index (χ0) is 13.0. The number of piperidine rings is 1. The monoisotopic (exact) mass is 252 g/mol. The number of hydrogen-bond donors (Lipinski definition) is 1. The predicted molar refractivity (Wildman–Crippen MR) is 78.9 cm³/mol. The standard InChI is InChI=1S/C16H32N2/c1-13-8-7-9-16(15(13)3)17-12-14(2)18-10-5-4-6-11-18/h13-17H,4-12H2,1-3H3. The van der Waals surface area contributed by atoms with Gasteiger partial charge in [-0.05, 0) is 51.1 Å². The van der Waals surface area contributed by atoms with E-state index in [0.29, 0.717) is 0 Å². The van der Waals surface area contributed by atoms with E-state index in [1.165, 1.54) is 58.2 Å². The molecule has 0 bridgehead atoms. The number of hydrogen-bond acceptors (Lipinski definition) is 2. The summed E-state index contributed by atoms with van der Waals surface area (Å²) in [5, 5.41) is 3.86. The number of rotatable bonds is 4. The van der Waals surface area contributed by atoms with Crippen LogP contribution in [0.15, 0.2) is 0 Å². The first-order chi connectivity index (χ1) is 8.68. The fourth-order valence-electron chi connectivity index (χ4n) is 3.68. The average molecular weight is 252 g/mol. The number of nitrogens with one attached hydrogen (secondary N) is 1. The third kappa shape index (κ3) is 3.71. The molecule has 2 heteroatoms. The Balaban J connectivity index is 1.72. The molecule has 4 atom stereocenters. The molecule has 106 valence electrons. The van der Waals surface area contributed by atoms with Gasteiger partial charge in [-0.2, -0.15) is 0 Å². The average Bonchev–Trinajstić information content (AvgIpc) is 2.41. The maximum Gasteiger partial charge on any atom is 0.0192 e. The lowest BCUT2D eigenvalue weighted by molar-refractivity contribution is 0.150. The molecule has 0 amide bonds. The van der Waals surface area contributed by atoms with Gasteiger partial charge in [0.2, 0.25) is 0 Å². The molecular formula is C16H32N2. The van der Waals surface area contributed by atoms with Crippen molar-refractivity contribution in [2.24, 2.45) is 11.8 Å². The Hall–Kier alpha value is -0.0800. The van der Waals surface area contributed by atoms with Crippen molar-refractivity contribution in [1.29, 1.82) is 0 Å². The van der Waals surface area contributed by atoms with Crippen molar-refractivity contribution in [2.45, 2.75) is 71.4 Å². The molecule has 0 spiro atoms. The van der Waals surface area contributed by atoms with Gasteiger partial charge in [0.1, 0.15) is 0 Å². The van der Waals surface area contributed by atoms with Crippen LogP contribution in [0.3, 0.4) is 0 Å². The molecule has 1 aliphatic heterocycles. The van der Waals surface area contributed by atoms with Gasteiger partial charge in [-0.25, -0.2) is 0 Å². The van der Waals surface area contributed by atoms with E-state index in [2.05, 4.69) is 31.0 Å². The van der Waals surface area contributed by atoms with Crippen LogP contribution in [0, 0.1) is 11.8 Å². The van der Waals surface area contributed by atoms with Gasteiger partial charge in [-0.3, -0.25) is 4.90 Å².